The number of Topliss-reactive ketones (excluding diaryl/α,β-unsaturated/α-hetero) is 2. The molecule has 4 aliphatic rings. The molecule has 3 fully saturated rings. The second-order valence-corrected chi connectivity index (χ2v) is 20.1. The molecule has 6 rings (SSSR count). The topological polar surface area (TPSA) is 172 Å². The standard InChI is InChI=1S/C53H78N2O12/c1-11-37-24-31(3)23-32(4)25-46(63-9)49-47(64-10)27-34(6)53(61,67-49)50(58)51(59)55-21-14-13-15-41(55)52(60)66-48(35(7)42(56)30-43(37)57)33(5)26-36-16-19-44(45(28-36)62-8)65-39-17-18-40-38(29-39)20-22-54(40)12-2/h17-18,20,22,24,26,29,32,34-37,41-42,44-49,56,61H,11-16,19,21,23,25,27-28,30H2,1-10H3/b31-24-,33-26+/t32-,34+,35+,36-,37+,41-,42-,44+,45+,46-,47-,48+,49+,53+/m0/s1. The number of rotatable bonds is 9. The lowest BCUT2D eigenvalue weighted by molar-refractivity contribution is -0.302. The summed E-state index contributed by atoms with van der Waals surface area (Å²) in [5.41, 5.74) is 2.85. The predicted molar refractivity (Wildman–Crippen MR) is 254 cm³/mol. The molecular weight excluding hydrogens is 857 g/mol. The molecule has 0 spiro atoms. The Morgan fingerprint density at radius 1 is 0.896 bits per heavy atom. The molecule has 1 aromatic heterocycles. The number of cyclic esters (lactones) is 1. The van der Waals surface area contributed by atoms with Crippen LogP contribution in [0.1, 0.15) is 119 Å². The van der Waals surface area contributed by atoms with Gasteiger partial charge in [0.05, 0.1) is 24.4 Å². The van der Waals surface area contributed by atoms with Crippen LogP contribution in [0.4, 0.5) is 0 Å². The van der Waals surface area contributed by atoms with E-state index >= 15 is 0 Å². The first-order valence-electron chi connectivity index (χ1n) is 24.8. The van der Waals surface area contributed by atoms with Crippen LogP contribution < -0.4 is 4.74 Å². The fraction of sp³-hybridized carbons (Fsp3) is 0.698. The van der Waals surface area contributed by atoms with E-state index in [2.05, 4.69) is 48.9 Å². The number of methoxy groups -OCH3 is 3. The lowest BCUT2D eigenvalue weighted by Gasteiger charge is -2.47. The molecule has 2 bridgehead atoms. The van der Waals surface area contributed by atoms with Crippen LogP contribution in [0.3, 0.4) is 0 Å². The molecule has 2 saturated heterocycles. The van der Waals surface area contributed by atoms with E-state index in [1.54, 1.807) is 35.2 Å². The van der Waals surface area contributed by atoms with Crippen molar-refractivity contribution in [1.82, 2.24) is 9.47 Å². The molecule has 1 aliphatic carbocycles. The van der Waals surface area contributed by atoms with Crippen LogP contribution in [0.2, 0.25) is 0 Å². The average Bonchev–Trinajstić information content (AvgIpc) is 3.74. The van der Waals surface area contributed by atoms with E-state index in [0.29, 0.717) is 50.5 Å². The summed E-state index contributed by atoms with van der Waals surface area (Å²) in [5.74, 6) is -6.70. The molecule has 0 unspecified atom stereocenters. The third-order valence-electron chi connectivity index (χ3n) is 15.2. The Morgan fingerprint density at radius 2 is 1.61 bits per heavy atom. The summed E-state index contributed by atoms with van der Waals surface area (Å²) < 4.78 is 39.3. The van der Waals surface area contributed by atoms with Gasteiger partial charge in [-0.25, -0.2) is 4.79 Å². The van der Waals surface area contributed by atoms with Crippen molar-refractivity contribution in [2.24, 2.45) is 29.6 Å². The fourth-order valence-electron chi connectivity index (χ4n) is 11.2. The number of benzene rings is 1. The summed E-state index contributed by atoms with van der Waals surface area (Å²) in [4.78, 5) is 58.6. The van der Waals surface area contributed by atoms with Crippen molar-refractivity contribution in [2.45, 2.75) is 180 Å². The number of piperidine rings is 1. The minimum absolute atomic E-state index is 0.0171. The molecule has 14 nitrogen and oxygen atoms in total. The number of aromatic nitrogens is 1. The van der Waals surface area contributed by atoms with E-state index in [1.165, 1.54) is 4.90 Å². The van der Waals surface area contributed by atoms with Crippen LogP contribution in [-0.2, 0) is 49.4 Å². The monoisotopic (exact) mass is 935 g/mol. The summed E-state index contributed by atoms with van der Waals surface area (Å²) in [6.07, 6.45) is 6.74. The summed E-state index contributed by atoms with van der Waals surface area (Å²) in [6.45, 7) is 14.4. The lowest BCUT2D eigenvalue weighted by Crippen LogP contribution is -2.64. The summed E-state index contributed by atoms with van der Waals surface area (Å²) >= 11 is 0. The van der Waals surface area contributed by atoms with E-state index in [1.807, 2.05) is 32.9 Å². The number of hydrogen-bond acceptors (Lipinski definition) is 12. The number of fused-ring (bicyclic) bond motifs is 4. The number of aliphatic hydroxyl groups excluding tert-OH is 1. The average molecular weight is 935 g/mol. The van der Waals surface area contributed by atoms with Gasteiger partial charge in [0.15, 0.2) is 0 Å². The zero-order valence-electron chi connectivity index (χ0n) is 41.6. The molecule has 4 heterocycles. The van der Waals surface area contributed by atoms with Gasteiger partial charge < -0.3 is 48.1 Å². The van der Waals surface area contributed by atoms with Crippen molar-refractivity contribution in [3.63, 3.8) is 0 Å². The molecule has 14 atom stereocenters. The molecule has 14 heteroatoms. The van der Waals surface area contributed by atoms with Gasteiger partial charge in [0.1, 0.15) is 35.9 Å². The highest BCUT2D eigenvalue weighted by atomic mass is 16.7. The molecule has 1 saturated carbocycles. The van der Waals surface area contributed by atoms with Gasteiger partial charge in [-0.3, -0.25) is 14.4 Å². The SMILES string of the molecule is CC[C@@H]1/C=C(/C)C[C@H](C)C[C@H](OC)[C@H]2O[C@@](O)(C(=O)C(=O)N3CCCC[C@H]3C(=O)O[C@H](/C(C)=C/[C@@H]3CC[C@@H](Oc4ccc5c(ccn5CC)c4)[C@H](OC)C3)[C@H](C)[C@@H](O)CC1=O)[C@H](C)C[C@@H]2OC. The molecule has 1 aromatic carbocycles. The van der Waals surface area contributed by atoms with Gasteiger partial charge in [-0.2, -0.15) is 0 Å². The fourth-order valence-corrected chi connectivity index (χ4v) is 11.2. The lowest BCUT2D eigenvalue weighted by atomic mass is 9.81. The molecule has 3 aliphatic heterocycles. The number of carbonyl (C=O) groups excluding carboxylic acids is 4. The van der Waals surface area contributed by atoms with Gasteiger partial charge in [-0.1, -0.05) is 45.4 Å². The maximum Gasteiger partial charge on any atom is 0.329 e. The zero-order valence-corrected chi connectivity index (χ0v) is 41.6. The quantitative estimate of drug-likeness (QED) is 0.144. The normalized spacial score (nSPS) is 36.7. The molecule has 0 radical (unpaired) electrons. The molecule has 2 N–H and O–H groups in total. The first-order chi connectivity index (χ1) is 32.0. The maximum atomic E-state index is 14.6. The Bertz CT molecular complexity index is 2100. The highest BCUT2D eigenvalue weighted by Gasteiger charge is 2.56. The number of aryl methyl sites for hydroxylation is 1. The molecule has 67 heavy (non-hydrogen) atoms. The number of ether oxygens (including phenoxy) is 6. The van der Waals surface area contributed by atoms with Crippen molar-refractivity contribution in [3.8, 4) is 5.75 Å². The highest BCUT2D eigenvalue weighted by molar-refractivity contribution is 6.39. The van der Waals surface area contributed by atoms with Crippen LogP contribution in [0.5, 0.6) is 5.75 Å². The van der Waals surface area contributed by atoms with Crippen molar-refractivity contribution in [3.05, 3.63) is 53.8 Å². The van der Waals surface area contributed by atoms with Crippen LogP contribution >= 0.6 is 0 Å². The van der Waals surface area contributed by atoms with E-state index in [-0.39, 0.29) is 55.6 Å². The minimum atomic E-state index is -2.51. The summed E-state index contributed by atoms with van der Waals surface area (Å²) in [5, 5.41) is 25.1. The second-order valence-electron chi connectivity index (χ2n) is 20.1. The first kappa shape index (κ1) is 52.5. The van der Waals surface area contributed by atoms with Crippen molar-refractivity contribution in [1.29, 1.82) is 0 Å². The van der Waals surface area contributed by atoms with E-state index < -0.39 is 77.8 Å². The van der Waals surface area contributed by atoms with E-state index in [0.717, 1.165) is 35.2 Å². The van der Waals surface area contributed by atoms with Crippen LogP contribution in [0.25, 0.3) is 10.9 Å². The van der Waals surface area contributed by atoms with Crippen LogP contribution in [0.15, 0.2) is 53.8 Å². The van der Waals surface area contributed by atoms with E-state index in [4.69, 9.17) is 28.4 Å². The van der Waals surface area contributed by atoms with Gasteiger partial charge in [0.2, 0.25) is 5.79 Å². The van der Waals surface area contributed by atoms with Crippen LogP contribution in [-0.4, -0.2) is 126 Å². The van der Waals surface area contributed by atoms with Gasteiger partial charge in [0, 0.05) is 75.7 Å². The number of carbonyl (C=O) groups is 4. The molecule has 372 valence electrons. The molecule has 2 aromatic rings. The minimum Gasteiger partial charge on any atom is -0.488 e. The Hall–Kier alpha value is -3.92. The van der Waals surface area contributed by atoms with Gasteiger partial charge in [-0.15, -0.1) is 0 Å². The third-order valence-corrected chi connectivity index (χ3v) is 15.2. The number of ketones is 2. The second kappa shape index (κ2) is 23.1. The largest absolute Gasteiger partial charge is 0.488 e. The Labute approximate surface area is 397 Å². The van der Waals surface area contributed by atoms with Gasteiger partial charge in [-0.05, 0) is 127 Å². The van der Waals surface area contributed by atoms with Gasteiger partial charge in [0.25, 0.3) is 11.7 Å². The van der Waals surface area contributed by atoms with Crippen molar-refractivity contribution in [2.75, 3.05) is 27.9 Å². The predicted octanol–water partition coefficient (Wildman–Crippen LogP) is 7.53. The summed E-state index contributed by atoms with van der Waals surface area (Å²) in [6, 6.07) is 7.09. The van der Waals surface area contributed by atoms with Crippen molar-refractivity contribution < 1.29 is 57.8 Å². The molecular formula is C53H78N2O12. The molecule has 1 amide bonds. The number of aliphatic hydroxyl groups is 2. The van der Waals surface area contributed by atoms with Crippen molar-refractivity contribution >= 4 is 34.3 Å². The number of nitrogens with zero attached hydrogens (tertiary/aromatic N) is 2. The first-order valence-corrected chi connectivity index (χ1v) is 24.8. The zero-order chi connectivity index (χ0) is 48.7. The van der Waals surface area contributed by atoms with Gasteiger partial charge >= 0.3 is 5.97 Å². The van der Waals surface area contributed by atoms with E-state index in [9.17, 15) is 29.4 Å². The Balaban J connectivity index is 1.30. The summed E-state index contributed by atoms with van der Waals surface area (Å²) in [7, 11) is 4.77. The Morgan fingerprint density at radius 3 is 2.30 bits per heavy atom. The number of amides is 1. The van der Waals surface area contributed by atoms with Crippen LogP contribution in [0, 0.1) is 29.6 Å². The smallest absolute Gasteiger partial charge is 0.329 e. The maximum absolute atomic E-state index is 14.6. The number of hydrogen-bond donors (Lipinski definition) is 2. The Kier molecular flexibility index (Phi) is 18.1. The highest BCUT2D eigenvalue weighted by Crippen LogP contribution is 2.40. The number of allylic oxidation sites excluding steroid dienone is 3. The third kappa shape index (κ3) is 11.9. The number of esters is 1.